The maximum Gasteiger partial charge on any atom is 0.410 e. The summed E-state index contributed by atoms with van der Waals surface area (Å²) in [7, 11) is 1.94. The van der Waals surface area contributed by atoms with Gasteiger partial charge in [-0.3, -0.25) is 4.79 Å². The Kier molecular flexibility index (Phi) is 5.31. The number of likely N-dealkylation sites (tertiary alicyclic amines) is 2. The van der Waals surface area contributed by atoms with Crippen LogP contribution >= 0.6 is 0 Å². The van der Waals surface area contributed by atoms with Crippen LogP contribution < -0.4 is 0 Å². The average molecular weight is 351 g/mol. The lowest BCUT2D eigenvalue weighted by Crippen LogP contribution is -2.39. The number of carbonyl (C=O) groups is 2. The molecule has 0 aromatic carbocycles. The maximum absolute atomic E-state index is 12.9. The quantitative estimate of drug-likeness (QED) is 0.671. The molecule has 25 heavy (non-hydrogen) atoms. The minimum atomic E-state index is -0.461. The van der Waals surface area contributed by atoms with Crippen LogP contribution in [0.15, 0.2) is 0 Å². The van der Waals surface area contributed by atoms with Gasteiger partial charge in [0.1, 0.15) is 5.60 Å². The van der Waals surface area contributed by atoms with Crippen molar-refractivity contribution in [2.24, 2.45) is 23.7 Å². The number of nitrogens with zero attached hydrogens (tertiary/aromatic N) is 2. The van der Waals surface area contributed by atoms with Gasteiger partial charge in [-0.25, -0.2) is 4.79 Å². The summed E-state index contributed by atoms with van der Waals surface area (Å²) in [5.41, 5.74) is -0.461. The Morgan fingerprint density at radius 2 is 1.68 bits per heavy atom. The zero-order chi connectivity index (χ0) is 18.2. The largest absolute Gasteiger partial charge is 0.444 e. The van der Waals surface area contributed by atoms with Crippen molar-refractivity contribution in [1.82, 2.24) is 9.80 Å². The Morgan fingerprint density at radius 1 is 1.00 bits per heavy atom. The third kappa shape index (κ3) is 4.12. The van der Waals surface area contributed by atoms with Gasteiger partial charge in [0.25, 0.3) is 0 Å². The van der Waals surface area contributed by atoms with Crippen LogP contribution in [0.1, 0.15) is 59.3 Å². The predicted molar refractivity (Wildman–Crippen MR) is 97.1 cm³/mol. The van der Waals surface area contributed by atoms with Crippen molar-refractivity contribution in [3.63, 3.8) is 0 Å². The van der Waals surface area contributed by atoms with Crippen molar-refractivity contribution >= 4 is 12.0 Å². The third-order valence-electron chi connectivity index (χ3n) is 6.21. The number of hydrogen-bond acceptors (Lipinski definition) is 3. The van der Waals surface area contributed by atoms with Crippen LogP contribution in [0, 0.1) is 23.7 Å². The molecule has 2 heterocycles. The van der Waals surface area contributed by atoms with E-state index in [4.69, 9.17) is 4.74 Å². The van der Waals surface area contributed by atoms with Gasteiger partial charge < -0.3 is 14.5 Å². The van der Waals surface area contributed by atoms with Crippen LogP contribution in [0.3, 0.4) is 0 Å². The lowest BCUT2D eigenvalue weighted by Gasteiger charge is -2.32. The summed E-state index contributed by atoms with van der Waals surface area (Å²) in [6.07, 6.45) is 6.86. The maximum atomic E-state index is 12.9. The molecule has 0 aromatic rings. The molecule has 3 fully saturated rings. The number of carbonyl (C=O) groups excluding carboxylic acids is 2. The fourth-order valence-electron chi connectivity index (χ4n) is 5.11. The first-order valence-corrected chi connectivity index (χ1v) is 9.99. The highest BCUT2D eigenvalue weighted by molar-refractivity contribution is 5.79. The van der Waals surface area contributed by atoms with Gasteiger partial charge in [0, 0.05) is 32.6 Å². The minimum Gasteiger partial charge on any atom is -0.444 e. The molecular weight excluding hydrogens is 316 g/mol. The molecule has 0 radical (unpaired) electrons. The van der Waals surface area contributed by atoms with Crippen molar-refractivity contribution in [3.8, 4) is 0 Å². The summed E-state index contributed by atoms with van der Waals surface area (Å²) < 4.78 is 5.59. The zero-order valence-corrected chi connectivity index (χ0v) is 16.3. The van der Waals surface area contributed by atoms with Crippen LogP contribution in [-0.2, 0) is 9.53 Å². The van der Waals surface area contributed by atoms with Crippen LogP contribution in [-0.4, -0.2) is 54.1 Å². The lowest BCUT2D eigenvalue weighted by atomic mass is 9.72. The Balaban J connectivity index is 1.78. The van der Waals surface area contributed by atoms with E-state index >= 15 is 0 Å². The number of ether oxygens (including phenoxy) is 1. The summed E-state index contributed by atoms with van der Waals surface area (Å²) in [6, 6.07) is 0. The summed E-state index contributed by atoms with van der Waals surface area (Å²) in [4.78, 5) is 29.3. The van der Waals surface area contributed by atoms with E-state index in [1.54, 1.807) is 0 Å². The highest BCUT2D eigenvalue weighted by atomic mass is 16.6. The van der Waals surface area contributed by atoms with Crippen LogP contribution in [0.4, 0.5) is 4.79 Å². The minimum absolute atomic E-state index is 0.152. The number of amides is 2. The molecule has 5 nitrogen and oxygen atoms in total. The molecular formula is C20H34N2O3. The lowest BCUT2D eigenvalue weighted by molar-refractivity contribution is -0.135. The summed E-state index contributed by atoms with van der Waals surface area (Å²) in [5, 5.41) is 0. The van der Waals surface area contributed by atoms with E-state index in [2.05, 4.69) is 0 Å². The Bertz CT molecular complexity index is 514. The molecule has 1 saturated carbocycles. The second kappa shape index (κ2) is 7.16. The summed E-state index contributed by atoms with van der Waals surface area (Å²) in [5.74, 6) is 1.74. The van der Waals surface area contributed by atoms with Crippen molar-refractivity contribution in [3.05, 3.63) is 0 Å². The average Bonchev–Trinajstić information content (AvgIpc) is 2.85. The molecule has 0 aromatic heterocycles. The highest BCUT2D eigenvalue weighted by Gasteiger charge is 2.48. The Hall–Kier alpha value is -1.26. The molecule has 4 atom stereocenters. The third-order valence-corrected chi connectivity index (χ3v) is 6.21. The van der Waals surface area contributed by atoms with Gasteiger partial charge >= 0.3 is 6.09 Å². The molecule has 2 saturated heterocycles. The van der Waals surface area contributed by atoms with Gasteiger partial charge in [0.15, 0.2) is 0 Å². The van der Waals surface area contributed by atoms with Gasteiger partial charge in [-0.15, -0.1) is 0 Å². The van der Waals surface area contributed by atoms with Crippen LogP contribution in [0.2, 0.25) is 0 Å². The normalized spacial score (nSPS) is 33.8. The summed E-state index contributed by atoms with van der Waals surface area (Å²) >= 11 is 0. The van der Waals surface area contributed by atoms with E-state index in [9.17, 15) is 9.59 Å². The molecule has 0 bridgehead atoms. The molecule has 3 aliphatic rings. The zero-order valence-electron chi connectivity index (χ0n) is 16.3. The first-order chi connectivity index (χ1) is 11.8. The smallest absolute Gasteiger partial charge is 0.410 e. The molecule has 1 aliphatic carbocycles. The van der Waals surface area contributed by atoms with E-state index < -0.39 is 5.60 Å². The van der Waals surface area contributed by atoms with Gasteiger partial charge in [0.05, 0.1) is 0 Å². The van der Waals surface area contributed by atoms with Crippen molar-refractivity contribution in [2.45, 2.75) is 64.9 Å². The first-order valence-electron chi connectivity index (χ1n) is 9.99. The molecule has 4 unspecified atom stereocenters. The summed E-state index contributed by atoms with van der Waals surface area (Å²) in [6.45, 7) is 7.99. The Morgan fingerprint density at radius 3 is 2.36 bits per heavy atom. The standard InChI is InChI=1S/C20H34N2O3/c1-20(2,3)25-19(24)22-12-14-11-21(4)18(23)16-10-8-6-5-7-9-15(16)17(14)13-22/h14-17H,5-13H2,1-4H3. The van der Waals surface area contributed by atoms with E-state index in [1.807, 2.05) is 37.6 Å². The van der Waals surface area contributed by atoms with Gasteiger partial charge in [-0.1, -0.05) is 25.7 Å². The number of fused-ring (bicyclic) bond motifs is 3. The molecule has 2 amide bonds. The highest BCUT2D eigenvalue weighted by Crippen LogP contribution is 2.43. The fraction of sp³-hybridized carbons (Fsp3) is 0.900. The molecule has 3 rings (SSSR count). The van der Waals surface area contributed by atoms with Gasteiger partial charge in [0.2, 0.25) is 5.91 Å². The first kappa shape index (κ1) is 18.5. The van der Waals surface area contributed by atoms with E-state index in [-0.39, 0.29) is 12.0 Å². The molecule has 5 heteroatoms. The van der Waals surface area contributed by atoms with E-state index in [0.717, 1.165) is 38.9 Å². The van der Waals surface area contributed by atoms with E-state index in [0.29, 0.717) is 23.7 Å². The van der Waals surface area contributed by atoms with Crippen LogP contribution in [0.5, 0.6) is 0 Å². The van der Waals surface area contributed by atoms with Crippen molar-refractivity contribution in [2.75, 3.05) is 26.7 Å². The topological polar surface area (TPSA) is 49.9 Å². The Labute approximate surface area is 152 Å². The fourth-order valence-corrected chi connectivity index (χ4v) is 5.11. The van der Waals surface area contributed by atoms with Crippen molar-refractivity contribution < 1.29 is 14.3 Å². The number of rotatable bonds is 0. The van der Waals surface area contributed by atoms with Crippen molar-refractivity contribution in [1.29, 1.82) is 0 Å². The predicted octanol–water partition coefficient (Wildman–Crippen LogP) is 3.53. The molecule has 2 aliphatic heterocycles. The molecule has 0 spiro atoms. The second-order valence-corrected chi connectivity index (χ2v) is 9.29. The molecule has 142 valence electrons. The van der Waals surface area contributed by atoms with Crippen LogP contribution in [0.25, 0.3) is 0 Å². The number of hydrogen-bond donors (Lipinski definition) is 0. The second-order valence-electron chi connectivity index (χ2n) is 9.29. The monoisotopic (exact) mass is 350 g/mol. The SMILES string of the molecule is CN1CC2CN(C(=O)OC(C)(C)C)CC2C2CCCCCCC2C1=O. The molecule has 0 N–H and O–H groups in total. The van der Waals surface area contributed by atoms with Gasteiger partial charge in [-0.05, 0) is 51.4 Å². The van der Waals surface area contributed by atoms with Gasteiger partial charge in [-0.2, -0.15) is 0 Å². The van der Waals surface area contributed by atoms with E-state index in [1.165, 1.54) is 19.3 Å².